The van der Waals surface area contributed by atoms with Gasteiger partial charge in [-0.15, -0.1) is 0 Å². The van der Waals surface area contributed by atoms with Gasteiger partial charge in [-0.05, 0) is 19.4 Å². The smallest absolute Gasteiger partial charge is 0.171 e. The number of nitrogens with two attached hydrogens (primary N) is 1. The van der Waals surface area contributed by atoms with Crippen LogP contribution in [0.15, 0.2) is 4.99 Å². The number of rotatable bonds is 4. The van der Waals surface area contributed by atoms with E-state index in [9.17, 15) is 0 Å². The number of aliphatic imine (C=N–C) groups is 1. The summed E-state index contributed by atoms with van der Waals surface area (Å²) in [6.45, 7) is 1.55. The minimum atomic E-state index is 0.183. The van der Waals surface area contributed by atoms with Gasteiger partial charge in [0.1, 0.15) is 0 Å². The third kappa shape index (κ3) is 3.21. The van der Waals surface area contributed by atoms with Crippen molar-refractivity contribution < 1.29 is 4.74 Å². The summed E-state index contributed by atoms with van der Waals surface area (Å²) in [6.07, 6.45) is 4.08. The predicted octanol–water partition coefficient (Wildman–Crippen LogP) is 0.152. The summed E-state index contributed by atoms with van der Waals surface area (Å²) in [6, 6.07) is 0. The summed E-state index contributed by atoms with van der Waals surface area (Å²) in [5.41, 5.74) is 5.27. The van der Waals surface area contributed by atoms with Crippen molar-refractivity contribution in [3.63, 3.8) is 0 Å². The lowest BCUT2D eigenvalue weighted by Gasteiger charge is -1.85. The Kier molecular flexibility index (Phi) is 2.67. The van der Waals surface area contributed by atoms with E-state index in [0.29, 0.717) is 0 Å². The Morgan fingerprint density at radius 2 is 2.56 bits per heavy atom. The first-order valence-corrected chi connectivity index (χ1v) is 3.27. The van der Waals surface area contributed by atoms with Gasteiger partial charge in [-0.3, -0.25) is 4.99 Å². The molecule has 2 N–H and O–H groups in total. The largest absolute Gasteiger partial charge is 0.349 e. The number of nitrogens with zero attached hydrogens (tertiary/aromatic N) is 1. The third-order valence-corrected chi connectivity index (χ3v) is 1.12. The fourth-order valence-electron chi connectivity index (χ4n) is 0.530. The first kappa shape index (κ1) is 6.71. The van der Waals surface area contributed by atoms with Crippen LogP contribution in [0.25, 0.3) is 0 Å². The van der Waals surface area contributed by atoms with Crippen LogP contribution >= 0.6 is 0 Å². The van der Waals surface area contributed by atoms with Crippen LogP contribution in [-0.2, 0) is 4.74 Å². The Balaban J connectivity index is 1.89. The second-order valence-corrected chi connectivity index (χ2v) is 2.05. The maximum atomic E-state index is 5.27. The van der Waals surface area contributed by atoms with E-state index in [1.807, 2.05) is 6.21 Å². The minimum Gasteiger partial charge on any atom is -0.349 e. The standard InChI is InChI=1S/C6H12N2O/c7-3-1-2-4-8-6-5-9-6/h4,6H,1-3,5,7H2/b8-4+. The number of ether oxygens (including phenoxy) is 1. The van der Waals surface area contributed by atoms with Crippen molar-refractivity contribution in [1.29, 1.82) is 0 Å². The summed E-state index contributed by atoms with van der Waals surface area (Å²) >= 11 is 0. The molecule has 0 aliphatic carbocycles. The molecule has 52 valence electrons. The lowest BCUT2D eigenvalue weighted by atomic mass is 10.3. The van der Waals surface area contributed by atoms with Crippen molar-refractivity contribution in [1.82, 2.24) is 0 Å². The molecule has 1 saturated heterocycles. The summed E-state index contributed by atoms with van der Waals surface area (Å²) in [7, 11) is 0. The molecule has 1 heterocycles. The second kappa shape index (κ2) is 3.58. The van der Waals surface area contributed by atoms with E-state index < -0.39 is 0 Å². The molecule has 1 aliphatic rings. The van der Waals surface area contributed by atoms with Crippen LogP contribution in [0.5, 0.6) is 0 Å². The highest BCUT2D eigenvalue weighted by Gasteiger charge is 2.19. The van der Waals surface area contributed by atoms with Crippen LogP contribution in [-0.4, -0.2) is 25.6 Å². The van der Waals surface area contributed by atoms with Gasteiger partial charge in [0.25, 0.3) is 0 Å². The zero-order chi connectivity index (χ0) is 6.53. The first-order chi connectivity index (χ1) is 4.43. The Morgan fingerprint density at radius 1 is 1.78 bits per heavy atom. The van der Waals surface area contributed by atoms with Crippen LogP contribution in [0.4, 0.5) is 0 Å². The van der Waals surface area contributed by atoms with Gasteiger partial charge in [0.15, 0.2) is 6.23 Å². The molecule has 3 nitrogen and oxygen atoms in total. The highest BCUT2D eigenvalue weighted by Crippen LogP contribution is 2.08. The van der Waals surface area contributed by atoms with Gasteiger partial charge in [-0.2, -0.15) is 0 Å². The maximum Gasteiger partial charge on any atom is 0.171 e. The lowest BCUT2D eigenvalue weighted by molar-refractivity contribution is 0.416. The van der Waals surface area contributed by atoms with Crippen molar-refractivity contribution in [3.8, 4) is 0 Å². The molecule has 0 amide bonds. The Hall–Kier alpha value is -0.410. The number of epoxide rings is 1. The SMILES string of the molecule is NCCC/C=N/C1CO1. The molecule has 0 bridgehead atoms. The maximum absolute atomic E-state index is 5.27. The van der Waals surface area contributed by atoms with Crippen LogP contribution in [0.1, 0.15) is 12.8 Å². The average Bonchev–Trinajstić information content (AvgIpc) is 2.63. The van der Waals surface area contributed by atoms with Gasteiger partial charge >= 0.3 is 0 Å². The number of hydrogen-bond acceptors (Lipinski definition) is 3. The van der Waals surface area contributed by atoms with Crippen LogP contribution in [0.2, 0.25) is 0 Å². The Morgan fingerprint density at radius 3 is 3.11 bits per heavy atom. The number of hydrogen-bond donors (Lipinski definition) is 1. The molecule has 0 aromatic carbocycles. The van der Waals surface area contributed by atoms with Gasteiger partial charge < -0.3 is 10.5 Å². The highest BCUT2D eigenvalue weighted by atomic mass is 16.6. The zero-order valence-electron chi connectivity index (χ0n) is 5.42. The van der Waals surface area contributed by atoms with Gasteiger partial charge in [0, 0.05) is 6.21 Å². The molecule has 0 radical (unpaired) electrons. The van der Waals surface area contributed by atoms with E-state index in [4.69, 9.17) is 10.5 Å². The quantitative estimate of drug-likeness (QED) is 0.333. The van der Waals surface area contributed by atoms with Gasteiger partial charge in [-0.1, -0.05) is 0 Å². The second-order valence-electron chi connectivity index (χ2n) is 2.05. The van der Waals surface area contributed by atoms with Crippen molar-refractivity contribution in [2.75, 3.05) is 13.2 Å². The van der Waals surface area contributed by atoms with Crippen LogP contribution < -0.4 is 5.73 Å². The molecular weight excluding hydrogens is 116 g/mol. The molecule has 0 saturated carbocycles. The van der Waals surface area contributed by atoms with Crippen molar-refractivity contribution in [2.24, 2.45) is 10.7 Å². The molecule has 1 atom stereocenters. The van der Waals surface area contributed by atoms with E-state index in [1.54, 1.807) is 0 Å². The molecule has 1 rings (SSSR count). The van der Waals surface area contributed by atoms with Gasteiger partial charge in [0.2, 0.25) is 0 Å². The molecular formula is C6H12N2O. The average molecular weight is 128 g/mol. The zero-order valence-corrected chi connectivity index (χ0v) is 5.42. The molecule has 0 aromatic rings. The molecule has 0 aromatic heterocycles. The van der Waals surface area contributed by atoms with Crippen molar-refractivity contribution in [3.05, 3.63) is 0 Å². The summed E-state index contributed by atoms with van der Waals surface area (Å²) in [5, 5.41) is 0. The summed E-state index contributed by atoms with van der Waals surface area (Å²) < 4.78 is 4.86. The van der Waals surface area contributed by atoms with Gasteiger partial charge in [0.05, 0.1) is 6.61 Å². The van der Waals surface area contributed by atoms with Gasteiger partial charge in [-0.25, -0.2) is 0 Å². The van der Waals surface area contributed by atoms with Crippen molar-refractivity contribution >= 4 is 6.21 Å². The first-order valence-electron chi connectivity index (χ1n) is 3.27. The van der Waals surface area contributed by atoms with Crippen LogP contribution in [0.3, 0.4) is 0 Å². The van der Waals surface area contributed by atoms with E-state index >= 15 is 0 Å². The molecule has 3 heteroatoms. The lowest BCUT2D eigenvalue weighted by Crippen LogP contribution is -1.98. The van der Waals surface area contributed by atoms with E-state index in [1.165, 1.54) is 0 Å². The highest BCUT2D eigenvalue weighted by molar-refractivity contribution is 5.57. The molecule has 0 spiro atoms. The Bertz CT molecular complexity index is 99.2. The minimum absolute atomic E-state index is 0.183. The van der Waals surface area contributed by atoms with Crippen LogP contribution in [0, 0.1) is 0 Å². The third-order valence-electron chi connectivity index (χ3n) is 1.12. The molecule has 1 fully saturated rings. The van der Waals surface area contributed by atoms with E-state index in [2.05, 4.69) is 4.99 Å². The number of unbranched alkanes of at least 4 members (excludes halogenated alkanes) is 1. The van der Waals surface area contributed by atoms with Crippen molar-refractivity contribution in [2.45, 2.75) is 19.1 Å². The summed E-state index contributed by atoms with van der Waals surface area (Å²) in [4.78, 5) is 4.07. The monoisotopic (exact) mass is 128 g/mol. The van der Waals surface area contributed by atoms with E-state index in [0.717, 1.165) is 26.0 Å². The molecule has 1 aliphatic heterocycles. The molecule has 9 heavy (non-hydrogen) atoms. The topological polar surface area (TPSA) is 50.9 Å². The summed E-state index contributed by atoms with van der Waals surface area (Å²) in [5.74, 6) is 0. The molecule has 1 unspecified atom stereocenters. The Labute approximate surface area is 54.9 Å². The fourth-order valence-corrected chi connectivity index (χ4v) is 0.530. The van der Waals surface area contributed by atoms with E-state index in [-0.39, 0.29) is 6.23 Å². The fraction of sp³-hybridized carbons (Fsp3) is 0.833. The normalized spacial score (nSPS) is 25.2. The predicted molar refractivity (Wildman–Crippen MR) is 36.5 cm³/mol.